The van der Waals surface area contributed by atoms with Crippen molar-refractivity contribution in [3.8, 4) is 0 Å². The van der Waals surface area contributed by atoms with Crippen LogP contribution < -0.4 is 10.6 Å². The Morgan fingerprint density at radius 3 is 2.63 bits per heavy atom. The number of unbranched alkanes of at least 4 members (excludes halogenated alkanes) is 1. The van der Waals surface area contributed by atoms with Crippen LogP contribution in [0.25, 0.3) is 0 Å². The van der Waals surface area contributed by atoms with Crippen LogP contribution in [0.4, 0.5) is 0 Å². The second kappa shape index (κ2) is 8.34. The van der Waals surface area contributed by atoms with Crippen LogP contribution in [0.5, 0.6) is 0 Å². The van der Waals surface area contributed by atoms with Crippen LogP contribution in [0.3, 0.4) is 0 Å². The molecular formula is C12H23IN6. The molecule has 2 N–H and O–H groups in total. The first-order valence-corrected chi connectivity index (χ1v) is 6.59. The Morgan fingerprint density at radius 1 is 1.37 bits per heavy atom. The fraction of sp³-hybridized carbons (Fsp3) is 0.750. The molecule has 1 saturated carbocycles. The standard InChI is InChI=1S/C12H22N6.HI/c1-10-7-11(10)17-12(13-2)14-5-3-4-6-18-8-15-16-9-18;/h8-11H,3-7H2,1-2H3,(H2,13,14,17);1H. The third-order valence-electron chi connectivity index (χ3n) is 3.26. The van der Waals surface area contributed by atoms with Gasteiger partial charge in [-0.15, -0.1) is 34.2 Å². The van der Waals surface area contributed by atoms with Gasteiger partial charge in [-0.3, -0.25) is 4.99 Å². The predicted octanol–water partition coefficient (Wildman–Crippen LogP) is 1.25. The van der Waals surface area contributed by atoms with Crippen molar-refractivity contribution in [2.24, 2.45) is 10.9 Å². The molecule has 1 aliphatic rings. The topological polar surface area (TPSA) is 67.1 Å². The minimum absolute atomic E-state index is 0. The summed E-state index contributed by atoms with van der Waals surface area (Å²) in [7, 11) is 1.82. The van der Waals surface area contributed by atoms with Gasteiger partial charge in [0, 0.05) is 26.2 Å². The first kappa shape index (κ1) is 16.2. The van der Waals surface area contributed by atoms with Gasteiger partial charge in [-0.2, -0.15) is 0 Å². The maximum atomic E-state index is 4.22. The van der Waals surface area contributed by atoms with Crippen molar-refractivity contribution < 1.29 is 0 Å². The van der Waals surface area contributed by atoms with Crippen LogP contribution in [0.15, 0.2) is 17.6 Å². The second-order valence-corrected chi connectivity index (χ2v) is 4.87. The molecule has 0 spiro atoms. The SMILES string of the molecule is CN=C(NCCCCn1cnnc1)NC1CC1C.I. The zero-order valence-electron chi connectivity index (χ0n) is 11.5. The number of aliphatic imine (C=N–C) groups is 1. The molecule has 0 aliphatic heterocycles. The van der Waals surface area contributed by atoms with Gasteiger partial charge in [-0.1, -0.05) is 6.92 Å². The largest absolute Gasteiger partial charge is 0.356 e. The van der Waals surface area contributed by atoms with Gasteiger partial charge in [0.1, 0.15) is 12.7 Å². The molecule has 0 aromatic carbocycles. The minimum Gasteiger partial charge on any atom is -0.356 e. The molecule has 1 aliphatic carbocycles. The van der Waals surface area contributed by atoms with E-state index in [4.69, 9.17) is 0 Å². The molecule has 1 aromatic rings. The molecule has 7 heteroatoms. The van der Waals surface area contributed by atoms with E-state index in [1.165, 1.54) is 6.42 Å². The Hall–Kier alpha value is -0.860. The number of rotatable bonds is 6. The smallest absolute Gasteiger partial charge is 0.191 e. The van der Waals surface area contributed by atoms with Gasteiger partial charge in [-0.05, 0) is 25.2 Å². The average Bonchev–Trinajstić information content (AvgIpc) is 2.86. The zero-order valence-corrected chi connectivity index (χ0v) is 13.9. The van der Waals surface area contributed by atoms with Crippen molar-refractivity contribution in [2.75, 3.05) is 13.6 Å². The number of halogens is 1. The molecule has 0 amide bonds. The number of hydrogen-bond donors (Lipinski definition) is 2. The van der Waals surface area contributed by atoms with E-state index in [2.05, 4.69) is 32.7 Å². The molecular weight excluding hydrogens is 355 g/mol. The average molecular weight is 378 g/mol. The number of aryl methyl sites for hydroxylation is 1. The lowest BCUT2D eigenvalue weighted by Gasteiger charge is -2.11. The molecule has 1 heterocycles. The summed E-state index contributed by atoms with van der Waals surface area (Å²) in [5.74, 6) is 1.71. The Bertz CT molecular complexity index is 378. The maximum Gasteiger partial charge on any atom is 0.191 e. The monoisotopic (exact) mass is 378 g/mol. The molecule has 2 rings (SSSR count). The lowest BCUT2D eigenvalue weighted by molar-refractivity contribution is 0.597. The van der Waals surface area contributed by atoms with Gasteiger partial charge >= 0.3 is 0 Å². The van der Waals surface area contributed by atoms with Gasteiger partial charge in [-0.25, -0.2) is 0 Å². The Balaban J connectivity index is 0.00000180. The molecule has 2 unspecified atom stereocenters. The Morgan fingerprint density at radius 2 is 2.05 bits per heavy atom. The van der Waals surface area contributed by atoms with Crippen LogP contribution in [0.2, 0.25) is 0 Å². The van der Waals surface area contributed by atoms with Crippen LogP contribution >= 0.6 is 24.0 Å². The van der Waals surface area contributed by atoms with E-state index in [-0.39, 0.29) is 24.0 Å². The Kier molecular flexibility index (Phi) is 7.11. The molecule has 19 heavy (non-hydrogen) atoms. The summed E-state index contributed by atoms with van der Waals surface area (Å²) < 4.78 is 2.00. The summed E-state index contributed by atoms with van der Waals surface area (Å²) in [5.41, 5.74) is 0. The van der Waals surface area contributed by atoms with Crippen molar-refractivity contribution >= 4 is 29.9 Å². The van der Waals surface area contributed by atoms with Gasteiger partial charge in [0.2, 0.25) is 0 Å². The highest BCUT2D eigenvalue weighted by Crippen LogP contribution is 2.28. The highest BCUT2D eigenvalue weighted by molar-refractivity contribution is 14.0. The summed E-state index contributed by atoms with van der Waals surface area (Å²) in [6.07, 6.45) is 6.99. The first-order chi connectivity index (χ1) is 8.79. The number of guanidine groups is 1. The molecule has 6 nitrogen and oxygen atoms in total. The summed E-state index contributed by atoms with van der Waals surface area (Å²) in [4.78, 5) is 4.22. The number of nitrogens with one attached hydrogen (secondary N) is 2. The normalized spacial score (nSPS) is 21.7. The molecule has 1 fully saturated rings. The quantitative estimate of drug-likeness (QED) is 0.339. The van der Waals surface area contributed by atoms with Crippen LogP contribution in [0, 0.1) is 5.92 Å². The Labute approximate surface area is 131 Å². The lowest BCUT2D eigenvalue weighted by atomic mass is 10.3. The minimum atomic E-state index is 0. The van der Waals surface area contributed by atoms with E-state index in [1.54, 1.807) is 12.7 Å². The summed E-state index contributed by atoms with van der Waals surface area (Å²) in [6.45, 7) is 4.17. The second-order valence-electron chi connectivity index (χ2n) is 4.87. The first-order valence-electron chi connectivity index (χ1n) is 6.59. The summed E-state index contributed by atoms with van der Waals surface area (Å²) >= 11 is 0. The highest BCUT2D eigenvalue weighted by atomic mass is 127. The van der Waals surface area contributed by atoms with Crippen molar-refractivity contribution in [3.05, 3.63) is 12.7 Å². The molecule has 1 aromatic heterocycles. The van der Waals surface area contributed by atoms with Crippen LogP contribution in [0.1, 0.15) is 26.2 Å². The van der Waals surface area contributed by atoms with E-state index in [0.717, 1.165) is 37.8 Å². The molecule has 0 radical (unpaired) electrons. The lowest BCUT2D eigenvalue weighted by Crippen LogP contribution is -2.39. The highest BCUT2D eigenvalue weighted by Gasteiger charge is 2.32. The molecule has 0 bridgehead atoms. The number of nitrogens with zero attached hydrogens (tertiary/aromatic N) is 4. The van der Waals surface area contributed by atoms with Gasteiger partial charge in [0.15, 0.2) is 5.96 Å². The van der Waals surface area contributed by atoms with Crippen molar-refractivity contribution in [3.63, 3.8) is 0 Å². The molecule has 0 saturated heterocycles. The van der Waals surface area contributed by atoms with Crippen molar-refractivity contribution in [1.29, 1.82) is 0 Å². The fourth-order valence-corrected chi connectivity index (χ4v) is 1.86. The van der Waals surface area contributed by atoms with Crippen molar-refractivity contribution in [1.82, 2.24) is 25.4 Å². The van der Waals surface area contributed by atoms with E-state index >= 15 is 0 Å². The third-order valence-corrected chi connectivity index (χ3v) is 3.26. The van der Waals surface area contributed by atoms with Gasteiger partial charge in [0.25, 0.3) is 0 Å². The maximum absolute atomic E-state index is 4.22. The zero-order chi connectivity index (χ0) is 12.8. The van der Waals surface area contributed by atoms with E-state index in [9.17, 15) is 0 Å². The summed E-state index contributed by atoms with van der Waals surface area (Å²) in [5, 5.41) is 14.3. The number of hydrogen-bond acceptors (Lipinski definition) is 3. The summed E-state index contributed by atoms with van der Waals surface area (Å²) in [6, 6.07) is 0.619. The van der Waals surface area contributed by atoms with Gasteiger partial charge in [0.05, 0.1) is 0 Å². The van der Waals surface area contributed by atoms with Crippen LogP contribution in [-0.2, 0) is 6.54 Å². The van der Waals surface area contributed by atoms with Crippen molar-refractivity contribution in [2.45, 2.75) is 38.8 Å². The van der Waals surface area contributed by atoms with E-state index < -0.39 is 0 Å². The molecule has 2 atom stereocenters. The number of aromatic nitrogens is 3. The van der Waals surface area contributed by atoms with E-state index in [0.29, 0.717) is 6.04 Å². The third kappa shape index (κ3) is 5.75. The van der Waals surface area contributed by atoms with Gasteiger partial charge < -0.3 is 15.2 Å². The van der Waals surface area contributed by atoms with Crippen LogP contribution in [-0.4, -0.2) is 40.4 Å². The van der Waals surface area contributed by atoms with E-state index in [1.807, 2.05) is 11.6 Å². The molecule has 108 valence electrons. The fourth-order valence-electron chi connectivity index (χ4n) is 1.86. The predicted molar refractivity (Wildman–Crippen MR) is 86.7 cm³/mol.